The molecular formula is C11H16N2O. The molecule has 0 aliphatic rings. The summed E-state index contributed by atoms with van der Waals surface area (Å²) in [6.07, 6.45) is 0. The molecule has 1 rings (SSSR count). The average Bonchev–Trinajstić information content (AvgIpc) is 2.16. The molecule has 1 unspecified atom stereocenters. The second-order valence-corrected chi connectivity index (χ2v) is 3.48. The third kappa shape index (κ3) is 3.09. The Morgan fingerprint density at radius 3 is 2.50 bits per heavy atom. The van der Waals surface area contributed by atoms with E-state index in [-0.39, 0.29) is 11.8 Å². The zero-order chi connectivity index (χ0) is 10.6. The average molecular weight is 192 g/mol. The highest BCUT2D eigenvalue weighted by atomic mass is 16.5. The van der Waals surface area contributed by atoms with Crippen LogP contribution in [-0.4, -0.2) is 12.4 Å². The van der Waals surface area contributed by atoms with Crippen LogP contribution >= 0.6 is 0 Å². The van der Waals surface area contributed by atoms with Crippen molar-refractivity contribution in [2.24, 2.45) is 11.7 Å². The van der Waals surface area contributed by atoms with E-state index in [1.54, 1.807) is 0 Å². The molecular weight excluding hydrogens is 176 g/mol. The molecule has 0 radical (unpaired) electrons. The second kappa shape index (κ2) is 4.65. The van der Waals surface area contributed by atoms with Gasteiger partial charge in [0.05, 0.1) is 12.4 Å². The van der Waals surface area contributed by atoms with Crippen molar-refractivity contribution in [1.29, 1.82) is 5.41 Å². The van der Waals surface area contributed by atoms with E-state index in [0.29, 0.717) is 6.61 Å². The largest absolute Gasteiger partial charge is 0.493 e. The fourth-order valence-corrected chi connectivity index (χ4v) is 0.945. The summed E-state index contributed by atoms with van der Waals surface area (Å²) < 4.78 is 5.46. The third-order valence-corrected chi connectivity index (χ3v) is 2.05. The van der Waals surface area contributed by atoms with E-state index < -0.39 is 0 Å². The van der Waals surface area contributed by atoms with Gasteiger partial charge < -0.3 is 10.5 Å². The molecule has 1 atom stereocenters. The van der Waals surface area contributed by atoms with Crippen molar-refractivity contribution >= 4 is 5.84 Å². The molecule has 76 valence electrons. The van der Waals surface area contributed by atoms with Gasteiger partial charge in [-0.15, -0.1) is 0 Å². The monoisotopic (exact) mass is 192 g/mol. The molecule has 3 nitrogen and oxygen atoms in total. The number of benzene rings is 1. The minimum Gasteiger partial charge on any atom is -0.493 e. The summed E-state index contributed by atoms with van der Waals surface area (Å²) in [5, 5.41) is 7.20. The van der Waals surface area contributed by atoms with Crippen LogP contribution in [0.1, 0.15) is 12.5 Å². The molecule has 0 amide bonds. The van der Waals surface area contributed by atoms with Gasteiger partial charge in [0, 0.05) is 5.92 Å². The van der Waals surface area contributed by atoms with Crippen molar-refractivity contribution in [2.75, 3.05) is 6.61 Å². The van der Waals surface area contributed by atoms with Gasteiger partial charge in [-0.2, -0.15) is 0 Å². The van der Waals surface area contributed by atoms with E-state index in [2.05, 4.69) is 0 Å². The van der Waals surface area contributed by atoms with Gasteiger partial charge in [0.2, 0.25) is 0 Å². The lowest BCUT2D eigenvalue weighted by Crippen LogP contribution is -2.25. The van der Waals surface area contributed by atoms with Crippen LogP contribution in [0.3, 0.4) is 0 Å². The number of amidine groups is 1. The van der Waals surface area contributed by atoms with Crippen LogP contribution < -0.4 is 10.5 Å². The smallest absolute Gasteiger partial charge is 0.119 e. The summed E-state index contributed by atoms with van der Waals surface area (Å²) in [7, 11) is 0. The summed E-state index contributed by atoms with van der Waals surface area (Å²) >= 11 is 0. The first-order valence-electron chi connectivity index (χ1n) is 4.63. The molecule has 0 fully saturated rings. The zero-order valence-electron chi connectivity index (χ0n) is 8.58. The first-order valence-corrected chi connectivity index (χ1v) is 4.63. The Labute approximate surface area is 84.4 Å². The molecule has 0 aliphatic carbocycles. The molecule has 0 saturated heterocycles. The maximum Gasteiger partial charge on any atom is 0.119 e. The van der Waals surface area contributed by atoms with Crippen LogP contribution in [0.15, 0.2) is 24.3 Å². The molecule has 0 saturated carbocycles. The van der Waals surface area contributed by atoms with E-state index in [1.807, 2.05) is 38.1 Å². The normalized spacial score (nSPS) is 12.1. The number of ether oxygens (including phenoxy) is 1. The number of hydrogen-bond acceptors (Lipinski definition) is 2. The van der Waals surface area contributed by atoms with Crippen molar-refractivity contribution in [3.05, 3.63) is 29.8 Å². The van der Waals surface area contributed by atoms with E-state index in [0.717, 1.165) is 5.75 Å². The van der Waals surface area contributed by atoms with Crippen LogP contribution in [-0.2, 0) is 0 Å². The number of hydrogen-bond donors (Lipinski definition) is 2. The van der Waals surface area contributed by atoms with Gasteiger partial charge in [-0.05, 0) is 19.1 Å². The van der Waals surface area contributed by atoms with Crippen molar-refractivity contribution in [3.8, 4) is 5.75 Å². The summed E-state index contributed by atoms with van der Waals surface area (Å²) in [6.45, 7) is 4.36. The maximum absolute atomic E-state index is 7.20. The molecule has 0 spiro atoms. The van der Waals surface area contributed by atoms with E-state index in [9.17, 15) is 0 Å². The summed E-state index contributed by atoms with van der Waals surface area (Å²) in [5.41, 5.74) is 6.53. The standard InChI is InChI=1S/C11H16N2O/c1-8-3-5-10(6-4-8)14-7-9(2)11(12)13/h3-6,9H,7H2,1-2H3,(H3,12,13). The van der Waals surface area contributed by atoms with Crippen LogP contribution in [0.5, 0.6) is 5.75 Å². The summed E-state index contributed by atoms with van der Waals surface area (Å²) in [5.74, 6) is 0.956. The quantitative estimate of drug-likeness (QED) is 0.565. The molecule has 3 heteroatoms. The lowest BCUT2D eigenvalue weighted by atomic mass is 10.2. The minimum atomic E-state index is -0.0312. The Bertz CT molecular complexity index is 306. The Morgan fingerprint density at radius 1 is 1.43 bits per heavy atom. The number of rotatable bonds is 4. The van der Waals surface area contributed by atoms with Crippen molar-refractivity contribution < 1.29 is 4.74 Å². The number of nitrogens with two attached hydrogens (primary N) is 1. The Balaban J connectivity index is 2.46. The van der Waals surface area contributed by atoms with Gasteiger partial charge in [-0.25, -0.2) is 0 Å². The first kappa shape index (κ1) is 10.6. The molecule has 0 aromatic heterocycles. The van der Waals surface area contributed by atoms with Crippen LogP contribution in [0, 0.1) is 18.3 Å². The van der Waals surface area contributed by atoms with Gasteiger partial charge in [0.25, 0.3) is 0 Å². The van der Waals surface area contributed by atoms with Gasteiger partial charge in [-0.1, -0.05) is 24.6 Å². The Kier molecular flexibility index (Phi) is 3.51. The molecule has 1 aromatic carbocycles. The van der Waals surface area contributed by atoms with Gasteiger partial charge >= 0.3 is 0 Å². The van der Waals surface area contributed by atoms with Gasteiger partial charge in [0.1, 0.15) is 5.75 Å². The van der Waals surface area contributed by atoms with E-state index in [4.69, 9.17) is 15.9 Å². The molecule has 0 bridgehead atoms. The van der Waals surface area contributed by atoms with Crippen molar-refractivity contribution in [1.82, 2.24) is 0 Å². The fourth-order valence-electron chi connectivity index (χ4n) is 0.945. The van der Waals surface area contributed by atoms with Crippen molar-refractivity contribution in [3.63, 3.8) is 0 Å². The predicted molar refractivity (Wildman–Crippen MR) is 57.8 cm³/mol. The molecule has 0 aliphatic heterocycles. The molecule has 3 N–H and O–H groups in total. The van der Waals surface area contributed by atoms with Gasteiger partial charge in [-0.3, -0.25) is 5.41 Å². The topological polar surface area (TPSA) is 59.1 Å². The van der Waals surface area contributed by atoms with Crippen LogP contribution in [0.2, 0.25) is 0 Å². The molecule has 14 heavy (non-hydrogen) atoms. The fraction of sp³-hybridized carbons (Fsp3) is 0.364. The Hall–Kier alpha value is -1.51. The first-order chi connectivity index (χ1) is 6.59. The second-order valence-electron chi connectivity index (χ2n) is 3.48. The molecule has 0 heterocycles. The lowest BCUT2D eigenvalue weighted by molar-refractivity contribution is 0.292. The Morgan fingerprint density at radius 2 is 2.00 bits per heavy atom. The SMILES string of the molecule is Cc1ccc(OCC(C)C(=N)N)cc1. The maximum atomic E-state index is 7.20. The predicted octanol–water partition coefficient (Wildman–Crippen LogP) is 1.95. The van der Waals surface area contributed by atoms with Crippen LogP contribution in [0.4, 0.5) is 0 Å². The molecule has 1 aromatic rings. The lowest BCUT2D eigenvalue weighted by Gasteiger charge is -2.11. The minimum absolute atomic E-state index is 0.0312. The van der Waals surface area contributed by atoms with Crippen LogP contribution in [0.25, 0.3) is 0 Å². The van der Waals surface area contributed by atoms with E-state index >= 15 is 0 Å². The highest BCUT2D eigenvalue weighted by molar-refractivity contribution is 5.79. The number of aryl methyl sites for hydroxylation is 1. The summed E-state index contributed by atoms with van der Waals surface area (Å²) in [6, 6.07) is 7.83. The van der Waals surface area contributed by atoms with Crippen molar-refractivity contribution in [2.45, 2.75) is 13.8 Å². The number of nitrogens with one attached hydrogen (secondary N) is 1. The van der Waals surface area contributed by atoms with Gasteiger partial charge in [0.15, 0.2) is 0 Å². The zero-order valence-corrected chi connectivity index (χ0v) is 8.58. The highest BCUT2D eigenvalue weighted by Gasteiger charge is 2.05. The third-order valence-electron chi connectivity index (χ3n) is 2.05. The summed E-state index contributed by atoms with van der Waals surface area (Å²) in [4.78, 5) is 0. The highest BCUT2D eigenvalue weighted by Crippen LogP contribution is 2.12. The van der Waals surface area contributed by atoms with E-state index in [1.165, 1.54) is 5.56 Å².